The van der Waals surface area contributed by atoms with Gasteiger partial charge < -0.3 is 19.0 Å². The van der Waals surface area contributed by atoms with E-state index in [2.05, 4.69) is 164 Å². The first-order valence-corrected chi connectivity index (χ1v) is 24.1. The van der Waals surface area contributed by atoms with Crippen LogP contribution in [0.15, 0.2) is 138 Å². The van der Waals surface area contributed by atoms with Gasteiger partial charge in [0.1, 0.15) is 11.3 Å². The van der Waals surface area contributed by atoms with Gasteiger partial charge in [-0.15, -0.1) is 42.0 Å². The fraction of sp³-hybridized carbons (Fsp3) is 0.212. The van der Waals surface area contributed by atoms with E-state index in [1.165, 1.54) is 45.8 Å². The summed E-state index contributed by atoms with van der Waals surface area (Å²) in [6.45, 7) is 11.7. The van der Waals surface area contributed by atoms with Crippen molar-refractivity contribution in [1.82, 2.24) is 19.5 Å². The SMILES string of the molecule is CC(C)Cc1cc(-c2[c-]cccc2)ncc1[Si](C)(C)C.[Ir].[c-]1nc2oc3cc4c(cc3c2cc1-c1nc2ccccc2n1-c1ccc(-c2ccccc2)cc1)CCCC4. The second kappa shape index (κ2) is 17.0. The Morgan fingerprint density at radius 3 is 2.19 bits per heavy atom. The van der Waals surface area contributed by atoms with E-state index in [1.807, 2.05) is 30.3 Å². The molecule has 0 spiro atoms. The van der Waals surface area contributed by atoms with Gasteiger partial charge in [-0.1, -0.05) is 105 Å². The molecule has 0 bridgehead atoms. The maximum absolute atomic E-state index is 6.17. The number of imidazole rings is 1. The van der Waals surface area contributed by atoms with Gasteiger partial charge in [0.05, 0.1) is 24.9 Å². The third-order valence-electron chi connectivity index (χ3n) is 11.2. The van der Waals surface area contributed by atoms with Crippen molar-refractivity contribution < 1.29 is 24.5 Å². The average Bonchev–Trinajstić information content (AvgIpc) is 3.81. The van der Waals surface area contributed by atoms with Crippen LogP contribution in [0.25, 0.3) is 72.6 Å². The smallest absolute Gasteiger partial charge is 0.141 e. The maximum Gasteiger partial charge on any atom is 0.141 e. The Bertz CT molecular complexity index is 2870. The molecule has 4 aromatic heterocycles. The summed E-state index contributed by atoms with van der Waals surface area (Å²) in [5, 5.41) is 3.63. The van der Waals surface area contributed by atoms with E-state index in [1.54, 1.807) is 0 Å². The van der Waals surface area contributed by atoms with Gasteiger partial charge >= 0.3 is 0 Å². The molecule has 5 aromatic carbocycles. The molecule has 0 aliphatic heterocycles. The van der Waals surface area contributed by atoms with E-state index in [9.17, 15) is 0 Å². The Morgan fingerprint density at radius 2 is 1.46 bits per heavy atom. The number of para-hydroxylation sites is 2. The summed E-state index contributed by atoms with van der Waals surface area (Å²) in [5.41, 5.74) is 14.3. The number of fused-ring (bicyclic) bond motifs is 5. The number of pyridine rings is 2. The van der Waals surface area contributed by atoms with Gasteiger partial charge in [0, 0.05) is 37.4 Å². The molecule has 4 heterocycles. The van der Waals surface area contributed by atoms with Gasteiger partial charge in [-0.05, 0) is 119 Å². The molecule has 1 aliphatic rings. The van der Waals surface area contributed by atoms with Crippen LogP contribution in [-0.4, -0.2) is 27.6 Å². The number of rotatable bonds is 7. The first-order valence-electron chi connectivity index (χ1n) is 20.6. The van der Waals surface area contributed by atoms with Crippen LogP contribution in [0.1, 0.15) is 43.4 Å². The van der Waals surface area contributed by atoms with Crippen LogP contribution in [0.5, 0.6) is 0 Å². The van der Waals surface area contributed by atoms with Crippen LogP contribution in [-0.2, 0) is 39.4 Å². The van der Waals surface area contributed by atoms with E-state index >= 15 is 0 Å². The van der Waals surface area contributed by atoms with Crippen LogP contribution in [0, 0.1) is 18.2 Å². The zero-order valence-electron chi connectivity index (χ0n) is 34.3. The van der Waals surface area contributed by atoms with E-state index in [0.717, 1.165) is 75.0 Å². The standard InChI is InChI=1S/C34H24N3O.C18H24NSi.Ir/c1-2-8-22(9-3-1)23-14-16-27(17-15-23)37-31-13-7-6-12-30(31)36-33(37)26-19-29-28-18-24-10-4-5-11-25(24)20-32(28)38-34(29)35-21-26;1-14(2)11-16-12-17(15-9-7-6-8-10-15)19-13-18(16)20(3,4)5;/h1-3,6-9,12-20H,4-5,10-11H2;6-9,12-14H,11H2,1-5H3;/q2*-1;. The Kier molecular flexibility index (Phi) is 11.6. The van der Waals surface area contributed by atoms with Crippen LogP contribution in [0.2, 0.25) is 19.6 Å². The fourth-order valence-electron chi connectivity index (χ4n) is 8.34. The molecule has 0 N–H and O–H groups in total. The molecule has 1 radical (unpaired) electrons. The van der Waals surface area contributed by atoms with Crippen molar-refractivity contribution in [3.63, 3.8) is 0 Å². The predicted molar refractivity (Wildman–Crippen MR) is 243 cm³/mol. The summed E-state index contributed by atoms with van der Waals surface area (Å²) in [6.07, 6.45) is 11.2. The van der Waals surface area contributed by atoms with Gasteiger partial charge in [0.25, 0.3) is 0 Å². The molecule has 9 aromatic rings. The molecular weight excluding hydrogens is 917 g/mol. The Hall–Kier alpha value is -5.46. The molecular formula is C52H48IrN4OSi-2. The van der Waals surface area contributed by atoms with Crippen molar-refractivity contribution >= 4 is 46.4 Å². The van der Waals surface area contributed by atoms with Gasteiger partial charge in [-0.3, -0.25) is 4.98 Å². The molecule has 0 atom stereocenters. The molecule has 0 saturated heterocycles. The third-order valence-corrected chi connectivity index (χ3v) is 13.2. The molecule has 0 saturated carbocycles. The second-order valence-electron chi connectivity index (χ2n) is 17.0. The van der Waals surface area contributed by atoms with E-state index < -0.39 is 8.07 Å². The number of aromatic nitrogens is 4. The minimum absolute atomic E-state index is 0. The van der Waals surface area contributed by atoms with Crippen LogP contribution in [0.3, 0.4) is 0 Å². The van der Waals surface area contributed by atoms with Crippen molar-refractivity contribution in [3.8, 4) is 39.5 Å². The molecule has 0 amide bonds. The summed E-state index contributed by atoms with van der Waals surface area (Å²) in [4.78, 5) is 14.4. The topological polar surface area (TPSA) is 56.7 Å². The predicted octanol–water partition coefficient (Wildman–Crippen LogP) is 12.6. The normalized spacial score (nSPS) is 12.6. The third kappa shape index (κ3) is 8.38. The van der Waals surface area contributed by atoms with E-state index in [0.29, 0.717) is 11.6 Å². The molecule has 297 valence electrons. The monoisotopic (exact) mass is 965 g/mol. The summed E-state index contributed by atoms with van der Waals surface area (Å²) in [6, 6.07) is 47.6. The van der Waals surface area contributed by atoms with Crippen molar-refractivity contribution in [1.29, 1.82) is 0 Å². The number of nitrogens with zero attached hydrogens (tertiary/aromatic N) is 4. The number of aryl methyl sites for hydroxylation is 2. The van der Waals surface area contributed by atoms with Crippen molar-refractivity contribution in [2.75, 3.05) is 0 Å². The Labute approximate surface area is 362 Å². The Balaban J connectivity index is 0.000000197. The minimum atomic E-state index is -1.34. The summed E-state index contributed by atoms with van der Waals surface area (Å²) < 4.78 is 8.37. The summed E-state index contributed by atoms with van der Waals surface area (Å²) in [7, 11) is -1.34. The fourth-order valence-corrected chi connectivity index (χ4v) is 9.93. The van der Waals surface area contributed by atoms with Crippen molar-refractivity contribution in [2.45, 2.75) is 65.6 Å². The first kappa shape index (κ1) is 40.3. The average molecular weight is 965 g/mol. The molecule has 1 aliphatic carbocycles. The minimum Gasteiger partial charge on any atom is -0.483 e. The van der Waals surface area contributed by atoms with Gasteiger partial charge in [-0.25, -0.2) is 0 Å². The molecule has 0 unspecified atom stereocenters. The van der Waals surface area contributed by atoms with Gasteiger partial charge in [0.15, 0.2) is 0 Å². The largest absolute Gasteiger partial charge is 0.483 e. The van der Waals surface area contributed by atoms with Crippen molar-refractivity contribution in [3.05, 3.63) is 163 Å². The zero-order valence-corrected chi connectivity index (χ0v) is 37.7. The quantitative estimate of drug-likeness (QED) is 0.118. The van der Waals surface area contributed by atoms with Crippen LogP contribution < -0.4 is 5.19 Å². The molecule has 0 fully saturated rings. The maximum atomic E-state index is 6.17. The molecule has 10 rings (SSSR count). The molecule has 5 nitrogen and oxygen atoms in total. The van der Waals surface area contributed by atoms with Crippen LogP contribution in [0.4, 0.5) is 0 Å². The second-order valence-corrected chi connectivity index (χ2v) is 22.0. The summed E-state index contributed by atoms with van der Waals surface area (Å²) >= 11 is 0. The van der Waals surface area contributed by atoms with Gasteiger partial charge in [0.2, 0.25) is 0 Å². The Morgan fingerprint density at radius 1 is 0.746 bits per heavy atom. The van der Waals surface area contributed by atoms with Crippen LogP contribution >= 0.6 is 0 Å². The number of hydrogen-bond donors (Lipinski definition) is 0. The molecule has 59 heavy (non-hydrogen) atoms. The number of furan rings is 1. The number of hydrogen-bond acceptors (Lipinski definition) is 4. The van der Waals surface area contributed by atoms with E-state index in [4.69, 9.17) is 9.40 Å². The van der Waals surface area contributed by atoms with E-state index in [-0.39, 0.29) is 20.1 Å². The number of benzene rings is 5. The van der Waals surface area contributed by atoms with Gasteiger partial charge in [-0.2, -0.15) is 0 Å². The summed E-state index contributed by atoms with van der Waals surface area (Å²) in [5.74, 6) is 1.49. The van der Waals surface area contributed by atoms with Crippen molar-refractivity contribution in [2.24, 2.45) is 5.92 Å². The first-order chi connectivity index (χ1) is 28.2. The zero-order chi connectivity index (χ0) is 39.8. The molecule has 7 heteroatoms.